The number of aromatic nitrogens is 2. The van der Waals surface area contributed by atoms with E-state index in [0.717, 1.165) is 39.8 Å². The molecular weight excluding hydrogens is 320 g/mol. The number of benzene rings is 1. The summed E-state index contributed by atoms with van der Waals surface area (Å²) in [5.41, 5.74) is 0.910. The van der Waals surface area contributed by atoms with Crippen molar-refractivity contribution in [2.24, 2.45) is 0 Å². The molecule has 6 heteroatoms. The second kappa shape index (κ2) is 6.56. The summed E-state index contributed by atoms with van der Waals surface area (Å²) >= 11 is 3.43. The lowest BCUT2D eigenvalue weighted by atomic mass is 10.3. The highest BCUT2D eigenvalue weighted by Crippen LogP contribution is 2.29. The molecule has 0 atom stereocenters. The Morgan fingerprint density at radius 2 is 1.95 bits per heavy atom. The molecule has 1 heterocycles. The van der Waals surface area contributed by atoms with Crippen LogP contribution in [0, 0.1) is 0 Å². The third-order valence-electron chi connectivity index (χ3n) is 2.77. The largest absolute Gasteiger partial charge is 0.495 e. The third-order valence-corrected chi connectivity index (χ3v) is 3.42. The molecule has 0 aliphatic heterocycles. The lowest BCUT2D eigenvalue weighted by molar-refractivity contribution is 0.412. The van der Waals surface area contributed by atoms with Crippen LogP contribution in [0.25, 0.3) is 0 Å². The minimum absolute atomic E-state index is 0.755. The Kier molecular flexibility index (Phi) is 4.79. The van der Waals surface area contributed by atoms with Crippen LogP contribution in [0.1, 0.15) is 12.7 Å². The van der Waals surface area contributed by atoms with Crippen molar-refractivity contribution < 1.29 is 4.74 Å². The van der Waals surface area contributed by atoms with Gasteiger partial charge in [-0.1, -0.05) is 6.92 Å². The Morgan fingerprint density at radius 3 is 2.60 bits per heavy atom. The van der Waals surface area contributed by atoms with Gasteiger partial charge in [-0.3, -0.25) is 0 Å². The van der Waals surface area contributed by atoms with Crippen molar-refractivity contribution in [3.63, 3.8) is 0 Å². The molecule has 0 aliphatic rings. The van der Waals surface area contributed by atoms with E-state index in [-0.39, 0.29) is 0 Å². The molecule has 0 aliphatic carbocycles. The minimum Gasteiger partial charge on any atom is -0.495 e. The molecule has 0 saturated carbocycles. The fraction of sp³-hybridized carbons (Fsp3) is 0.286. The van der Waals surface area contributed by atoms with Crippen LogP contribution in [0.3, 0.4) is 0 Å². The van der Waals surface area contributed by atoms with Crippen LogP contribution in [-0.2, 0) is 6.42 Å². The van der Waals surface area contributed by atoms with Crippen molar-refractivity contribution in [1.82, 2.24) is 9.97 Å². The average molecular weight is 337 g/mol. The Hall–Kier alpha value is -1.82. The number of methoxy groups -OCH3 is 1. The number of nitrogens with zero attached hydrogens (tertiary/aromatic N) is 2. The molecule has 20 heavy (non-hydrogen) atoms. The van der Waals surface area contributed by atoms with Crippen LogP contribution in [-0.4, -0.2) is 24.1 Å². The standard InChI is InChI=1S/C14H17BrN4O/c1-4-12-18-13(16-2)8-14(19-12)17-9-5-6-10(15)11(7-9)20-3/h5-8H,4H2,1-3H3,(H2,16,17,18,19). The second-order valence-electron chi connectivity index (χ2n) is 4.13. The van der Waals surface area contributed by atoms with E-state index >= 15 is 0 Å². The van der Waals surface area contributed by atoms with Crippen LogP contribution in [0.15, 0.2) is 28.7 Å². The fourth-order valence-corrected chi connectivity index (χ4v) is 2.14. The summed E-state index contributed by atoms with van der Waals surface area (Å²) < 4.78 is 6.20. The van der Waals surface area contributed by atoms with Crippen LogP contribution in [0.5, 0.6) is 5.75 Å². The Balaban J connectivity index is 2.29. The number of aryl methyl sites for hydroxylation is 1. The number of hydrogen-bond acceptors (Lipinski definition) is 5. The highest BCUT2D eigenvalue weighted by Gasteiger charge is 2.05. The maximum Gasteiger partial charge on any atom is 0.136 e. The smallest absolute Gasteiger partial charge is 0.136 e. The molecule has 5 nitrogen and oxygen atoms in total. The van der Waals surface area contributed by atoms with Crippen LogP contribution >= 0.6 is 15.9 Å². The van der Waals surface area contributed by atoms with Crippen molar-refractivity contribution in [2.75, 3.05) is 24.8 Å². The first-order valence-corrected chi connectivity index (χ1v) is 7.11. The molecule has 0 amide bonds. The van der Waals surface area contributed by atoms with E-state index in [1.54, 1.807) is 7.11 Å². The number of ether oxygens (including phenoxy) is 1. The Bertz CT molecular complexity index is 581. The van der Waals surface area contributed by atoms with Crippen LogP contribution in [0.2, 0.25) is 0 Å². The van der Waals surface area contributed by atoms with Gasteiger partial charge in [-0.15, -0.1) is 0 Å². The van der Waals surface area contributed by atoms with Gasteiger partial charge in [0.25, 0.3) is 0 Å². The number of hydrogen-bond donors (Lipinski definition) is 2. The van der Waals surface area contributed by atoms with E-state index in [9.17, 15) is 0 Å². The van der Waals surface area contributed by atoms with Crippen molar-refractivity contribution in [3.8, 4) is 5.75 Å². The monoisotopic (exact) mass is 336 g/mol. The molecule has 2 rings (SSSR count). The Morgan fingerprint density at radius 1 is 1.20 bits per heavy atom. The summed E-state index contributed by atoms with van der Waals surface area (Å²) in [4.78, 5) is 8.82. The topological polar surface area (TPSA) is 59.1 Å². The molecule has 1 aromatic carbocycles. The molecule has 2 aromatic rings. The lowest BCUT2D eigenvalue weighted by Gasteiger charge is -2.11. The van der Waals surface area contributed by atoms with Gasteiger partial charge >= 0.3 is 0 Å². The zero-order chi connectivity index (χ0) is 14.5. The van der Waals surface area contributed by atoms with E-state index < -0.39 is 0 Å². The highest BCUT2D eigenvalue weighted by molar-refractivity contribution is 9.10. The molecular formula is C14H17BrN4O. The lowest BCUT2D eigenvalue weighted by Crippen LogP contribution is -2.03. The van der Waals surface area contributed by atoms with Crippen molar-refractivity contribution >= 4 is 33.3 Å². The van der Waals surface area contributed by atoms with E-state index in [1.165, 1.54) is 0 Å². The van der Waals surface area contributed by atoms with Crippen LogP contribution in [0.4, 0.5) is 17.3 Å². The SMILES string of the molecule is CCc1nc(NC)cc(Nc2ccc(Br)c(OC)c2)n1. The summed E-state index contributed by atoms with van der Waals surface area (Å²) in [6.07, 6.45) is 0.786. The average Bonchev–Trinajstić information content (AvgIpc) is 2.48. The molecule has 106 valence electrons. The first-order chi connectivity index (χ1) is 9.66. The predicted molar refractivity (Wildman–Crippen MR) is 84.9 cm³/mol. The fourth-order valence-electron chi connectivity index (χ4n) is 1.73. The number of anilines is 3. The number of nitrogens with one attached hydrogen (secondary N) is 2. The predicted octanol–water partition coefficient (Wildman–Crippen LogP) is 3.60. The molecule has 0 radical (unpaired) electrons. The number of rotatable bonds is 5. The van der Waals surface area contributed by atoms with Gasteiger partial charge in [-0.25, -0.2) is 9.97 Å². The molecule has 0 spiro atoms. The van der Waals surface area contributed by atoms with E-state index in [1.807, 2.05) is 38.2 Å². The van der Waals surface area contributed by atoms with Gasteiger partial charge in [0, 0.05) is 31.3 Å². The summed E-state index contributed by atoms with van der Waals surface area (Å²) in [5, 5.41) is 6.30. The van der Waals surface area contributed by atoms with Gasteiger partial charge in [0.1, 0.15) is 23.2 Å². The molecule has 0 unspecified atom stereocenters. The number of halogens is 1. The molecule has 0 saturated heterocycles. The maximum atomic E-state index is 5.28. The highest BCUT2D eigenvalue weighted by atomic mass is 79.9. The summed E-state index contributed by atoms with van der Waals surface area (Å²) in [6.45, 7) is 2.03. The van der Waals surface area contributed by atoms with Gasteiger partial charge in [0.05, 0.1) is 11.6 Å². The summed E-state index contributed by atoms with van der Waals surface area (Å²) in [5.74, 6) is 3.12. The second-order valence-corrected chi connectivity index (χ2v) is 4.99. The summed E-state index contributed by atoms with van der Waals surface area (Å²) in [6, 6.07) is 7.67. The van der Waals surface area contributed by atoms with Crippen molar-refractivity contribution in [2.45, 2.75) is 13.3 Å². The van der Waals surface area contributed by atoms with Gasteiger partial charge < -0.3 is 15.4 Å². The van der Waals surface area contributed by atoms with Crippen molar-refractivity contribution in [3.05, 3.63) is 34.6 Å². The van der Waals surface area contributed by atoms with Crippen LogP contribution < -0.4 is 15.4 Å². The van der Waals surface area contributed by atoms with E-state index in [0.29, 0.717) is 0 Å². The Labute approximate surface area is 126 Å². The van der Waals surface area contributed by atoms with E-state index in [4.69, 9.17) is 4.74 Å². The minimum atomic E-state index is 0.755. The molecule has 0 fully saturated rings. The quantitative estimate of drug-likeness (QED) is 0.873. The van der Waals surface area contributed by atoms with Gasteiger partial charge in [-0.05, 0) is 28.1 Å². The van der Waals surface area contributed by atoms with E-state index in [2.05, 4.69) is 36.5 Å². The molecule has 0 bridgehead atoms. The van der Waals surface area contributed by atoms with Gasteiger partial charge in [0.2, 0.25) is 0 Å². The molecule has 1 aromatic heterocycles. The van der Waals surface area contributed by atoms with Gasteiger partial charge in [-0.2, -0.15) is 0 Å². The summed E-state index contributed by atoms with van der Waals surface area (Å²) in [7, 11) is 3.48. The first-order valence-electron chi connectivity index (χ1n) is 6.32. The zero-order valence-corrected chi connectivity index (χ0v) is 13.3. The first kappa shape index (κ1) is 14.6. The van der Waals surface area contributed by atoms with Crippen molar-refractivity contribution in [1.29, 1.82) is 0 Å². The maximum absolute atomic E-state index is 5.28. The normalized spacial score (nSPS) is 10.2. The zero-order valence-electron chi connectivity index (χ0n) is 11.7. The molecule has 2 N–H and O–H groups in total. The third kappa shape index (κ3) is 3.39. The van der Waals surface area contributed by atoms with Gasteiger partial charge in [0.15, 0.2) is 0 Å².